The maximum atomic E-state index is 12.4. The normalized spacial score (nSPS) is 15.6. The lowest BCUT2D eigenvalue weighted by atomic mass is 10.1. The number of hydrogen-bond donors (Lipinski definition) is 2. The van der Waals surface area contributed by atoms with Crippen molar-refractivity contribution in [2.45, 2.75) is 23.0 Å². The molecule has 28 heavy (non-hydrogen) atoms. The van der Waals surface area contributed by atoms with E-state index in [4.69, 9.17) is 11.6 Å². The standard InChI is InChI=1S/C20H16ClN3O2S2/c21-13-7-5-12(6-8-13)9-14-11-22-20(27-14)24-18(25)10-17-19(26)23-15-3-1-2-4-16(15)28-17/h1-8,11,17H,9-10H2,(H,23,26)(H,22,24,25)/t17-/m1/s1. The minimum Gasteiger partial charge on any atom is -0.324 e. The van der Waals surface area contributed by atoms with Crippen molar-refractivity contribution in [3.05, 3.63) is 70.2 Å². The molecule has 2 N–H and O–H groups in total. The van der Waals surface area contributed by atoms with Gasteiger partial charge in [-0.05, 0) is 29.8 Å². The number of thiazole rings is 1. The number of hydrogen-bond acceptors (Lipinski definition) is 5. The number of nitrogens with zero attached hydrogens (tertiary/aromatic N) is 1. The van der Waals surface area contributed by atoms with Crippen LogP contribution in [0, 0.1) is 0 Å². The Balaban J connectivity index is 1.35. The second kappa shape index (κ2) is 8.34. The van der Waals surface area contributed by atoms with Gasteiger partial charge in [0, 0.05) is 33.8 Å². The molecule has 2 aromatic carbocycles. The summed E-state index contributed by atoms with van der Waals surface area (Å²) in [6, 6.07) is 15.2. The van der Waals surface area contributed by atoms with Gasteiger partial charge in [0.2, 0.25) is 11.8 Å². The van der Waals surface area contributed by atoms with Crippen LogP contribution in [0.4, 0.5) is 10.8 Å². The van der Waals surface area contributed by atoms with E-state index in [-0.39, 0.29) is 18.2 Å². The van der Waals surface area contributed by atoms with Crippen LogP contribution in [0.25, 0.3) is 0 Å². The minimum absolute atomic E-state index is 0.0942. The van der Waals surface area contributed by atoms with Crippen LogP contribution in [0.15, 0.2) is 59.6 Å². The summed E-state index contributed by atoms with van der Waals surface area (Å²) in [5.74, 6) is -0.374. The summed E-state index contributed by atoms with van der Waals surface area (Å²) < 4.78 is 0. The van der Waals surface area contributed by atoms with Crippen LogP contribution in [-0.4, -0.2) is 22.0 Å². The maximum absolute atomic E-state index is 12.4. The predicted molar refractivity (Wildman–Crippen MR) is 114 cm³/mol. The van der Waals surface area contributed by atoms with Crippen LogP contribution in [0.3, 0.4) is 0 Å². The lowest BCUT2D eigenvalue weighted by molar-refractivity contribution is -0.120. The first-order valence-electron chi connectivity index (χ1n) is 8.62. The Morgan fingerprint density at radius 2 is 1.96 bits per heavy atom. The fourth-order valence-corrected chi connectivity index (χ4v) is 4.92. The first-order valence-corrected chi connectivity index (χ1v) is 10.7. The number of aromatic nitrogens is 1. The highest BCUT2D eigenvalue weighted by molar-refractivity contribution is 8.01. The quantitative estimate of drug-likeness (QED) is 0.609. The van der Waals surface area contributed by atoms with Gasteiger partial charge in [0.05, 0.1) is 10.9 Å². The van der Waals surface area contributed by atoms with Gasteiger partial charge in [-0.15, -0.1) is 23.1 Å². The Kier molecular flexibility index (Phi) is 5.66. The molecule has 4 rings (SSSR count). The fraction of sp³-hybridized carbons (Fsp3) is 0.150. The lowest BCUT2D eigenvalue weighted by Crippen LogP contribution is -2.32. The molecule has 0 saturated carbocycles. The number of para-hydroxylation sites is 1. The molecule has 142 valence electrons. The number of amides is 2. The third-order valence-corrected chi connectivity index (χ3v) is 6.61. The molecule has 0 bridgehead atoms. The van der Waals surface area contributed by atoms with E-state index in [1.165, 1.54) is 23.1 Å². The summed E-state index contributed by atoms with van der Waals surface area (Å²) in [6.45, 7) is 0. The molecular weight excluding hydrogens is 414 g/mol. The molecule has 5 nitrogen and oxygen atoms in total. The van der Waals surface area contributed by atoms with E-state index in [9.17, 15) is 9.59 Å². The number of rotatable bonds is 5. The fourth-order valence-electron chi connectivity index (χ4n) is 2.82. The Hall–Kier alpha value is -2.35. The second-order valence-corrected chi connectivity index (χ2v) is 9.08. The van der Waals surface area contributed by atoms with Gasteiger partial charge in [0.15, 0.2) is 5.13 Å². The summed E-state index contributed by atoms with van der Waals surface area (Å²) in [5, 5.41) is 6.44. The first kappa shape index (κ1) is 19.0. The van der Waals surface area contributed by atoms with Gasteiger partial charge in [-0.1, -0.05) is 35.9 Å². The van der Waals surface area contributed by atoms with Gasteiger partial charge in [-0.25, -0.2) is 4.98 Å². The van der Waals surface area contributed by atoms with Crippen molar-refractivity contribution in [1.29, 1.82) is 0 Å². The summed E-state index contributed by atoms with van der Waals surface area (Å²) >= 11 is 8.75. The molecule has 1 aliphatic rings. The van der Waals surface area contributed by atoms with Crippen molar-refractivity contribution >= 4 is 57.3 Å². The van der Waals surface area contributed by atoms with E-state index in [0.717, 1.165) is 27.4 Å². The predicted octanol–water partition coefficient (Wildman–Crippen LogP) is 4.83. The molecular formula is C20H16ClN3O2S2. The van der Waals surface area contributed by atoms with Gasteiger partial charge in [-0.3, -0.25) is 9.59 Å². The van der Waals surface area contributed by atoms with Crippen LogP contribution in [-0.2, 0) is 16.0 Å². The van der Waals surface area contributed by atoms with Crippen molar-refractivity contribution in [2.75, 3.05) is 10.6 Å². The van der Waals surface area contributed by atoms with Crippen molar-refractivity contribution in [3.8, 4) is 0 Å². The minimum atomic E-state index is -0.455. The van der Waals surface area contributed by atoms with E-state index in [0.29, 0.717) is 10.2 Å². The lowest BCUT2D eigenvalue weighted by Gasteiger charge is -2.23. The van der Waals surface area contributed by atoms with Crippen LogP contribution in [0.1, 0.15) is 16.9 Å². The molecule has 0 aliphatic carbocycles. The number of thioether (sulfide) groups is 1. The van der Waals surface area contributed by atoms with Crippen molar-refractivity contribution in [3.63, 3.8) is 0 Å². The second-order valence-electron chi connectivity index (χ2n) is 6.28. The van der Waals surface area contributed by atoms with Crippen LogP contribution >= 0.6 is 34.7 Å². The van der Waals surface area contributed by atoms with Crippen molar-refractivity contribution in [2.24, 2.45) is 0 Å². The molecule has 2 amide bonds. The Morgan fingerprint density at radius 3 is 2.79 bits per heavy atom. The molecule has 0 unspecified atom stereocenters. The van der Waals surface area contributed by atoms with Crippen LogP contribution in [0.5, 0.6) is 0 Å². The Morgan fingerprint density at radius 1 is 1.18 bits per heavy atom. The van der Waals surface area contributed by atoms with E-state index >= 15 is 0 Å². The third kappa shape index (κ3) is 4.55. The molecule has 2 heterocycles. The van der Waals surface area contributed by atoms with Gasteiger partial charge >= 0.3 is 0 Å². The maximum Gasteiger partial charge on any atom is 0.238 e. The molecule has 0 fully saturated rings. The van der Waals surface area contributed by atoms with Crippen LogP contribution in [0.2, 0.25) is 5.02 Å². The van der Waals surface area contributed by atoms with Gasteiger partial charge < -0.3 is 10.6 Å². The van der Waals surface area contributed by atoms with E-state index < -0.39 is 5.25 Å². The largest absolute Gasteiger partial charge is 0.324 e. The summed E-state index contributed by atoms with van der Waals surface area (Å²) in [4.78, 5) is 30.9. The van der Waals surface area contributed by atoms with Crippen molar-refractivity contribution in [1.82, 2.24) is 4.98 Å². The Labute approximate surface area is 175 Å². The smallest absolute Gasteiger partial charge is 0.238 e. The topological polar surface area (TPSA) is 71.1 Å². The first-order chi connectivity index (χ1) is 13.6. The molecule has 0 spiro atoms. The van der Waals surface area contributed by atoms with Gasteiger partial charge in [0.1, 0.15) is 0 Å². The number of nitrogens with one attached hydrogen (secondary N) is 2. The average Bonchev–Trinajstić information content (AvgIpc) is 3.11. The number of benzene rings is 2. The third-order valence-electron chi connectivity index (χ3n) is 4.17. The number of fused-ring (bicyclic) bond motifs is 1. The summed E-state index contributed by atoms with van der Waals surface area (Å²) in [5.41, 5.74) is 1.92. The van der Waals surface area contributed by atoms with Crippen LogP contribution < -0.4 is 10.6 Å². The van der Waals surface area contributed by atoms with Gasteiger partial charge in [0.25, 0.3) is 0 Å². The molecule has 0 saturated heterocycles. The summed E-state index contributed by atoms with van der Waals surface area (Å²) in [7, 11) is 0. The SMILES string of the molecule is O=C(C[C@H]1Sc2ccccc2NC1=O)Nc1ncc(Cc2ccc(Cl)cc2)s1. The zero-order valence-electron chi connectivity index (χ0n) is 14.6. The van der Waals surface area contributed by atoms with Gasteiger partial charge in [-0.2, -0.15) is 0 Å². The molecule has 1 aliphatic heterocycles. The Bertz CT molecular complexity index is 1020. The average molecular weight is 430 g/mol. The zero-order chi connectivity index (χ0) is 19.5. The number of carbonyl (C=O) groups excluding carboxylic acids is 2. The number of carbonyl (C=O) groups is 2. The molecule has 1 aromatic heterocycles. The monoisotopic (exact) mass is 429 g/mol. The number of anilines is 2. The molecule has 3 aromatic rings. The highest BCUT2D eigenvalue weighted by Crippen LogP contribution is 2.36. The molecule has 1 atom stereocenters. The molecule has 0 radical (unpaired) electrons. The van der Waals surface area contributed by atoms with E-state index in [1.54, 1.807) is 6.20 Å². The highest BCUT2D eigenvalue weighted by Gasteiger charge is 2.29. The zero-order valence-corrected chi connectivity index (χ0v) is 17.0. The van der Waals surface area contributed by atoms with E-state index in [1.807, 2.05) is 48.5 Å². The summed E-state index contributed by atoms with van der Waals surface area (Å²) in [6.07, 6.45) is 2.58. The number of halogens is 1. The van der Waals surface area contributed by atoms with Crippen molar-refractivity contribution < 1.29 is 9.59 Å². The van der Waals surface area contributed by atoms with E-state index in [2.05, 4.69) is 15.6 Å². The highest BCUT2D eigenvalue weighted by atomic mass is 35.5. The molecule has 8 heteroatoms.